The van der Waals surface area contributed by atoms with Crippen LogP contribution in [0, 0.1) is 0 Å². The van der Waals surface area contributed by atoms with Crippen LogP contribution in [0.25, 0.3) is 0 Å². The molecule has 0 fully saturated rings. The van der Waals surface area contributed by atoms with Gasteiger partial charge in [0, 0.05) is 13.0 Å². The zero-order valence-corrected chi connectivity index (χ0v) is 20.2. The number of nitrogens with one attached hydrogen (secondary N) is 6. The third kappa shape index (κ3) is 13.1. The summed E-state index contributed by atoms with van der Waals surface area (Å²) in [7, 11) is 0. The number of rotatable bonds is 15. The molecule has 0 bridgehead atoms. The van der Waals surface area contributed by atoms with Gasteiger partial charge in [0.05, 0.1) is 19.1 Å². The third-order valence-corrected chi connectivity index (χ3v) is 4.53. The second-order valence-corrected chi connectivity index (χ2v) is 7.73. The summed E-state index contributed by atoms with van der Waals surface area (Å²) in [4.78, 5) is 72.1. The summed E-state index contributed by atoms with van der Waals surface area (Å²) in [5.41, 5.74) is 9.09. The molecule has 0 radical (unpaired) electrons. The quantitative estimate of drug-likeness (QED) is 0.0804. The Morgan fingerprint density at radius 3 is 1.97 bits per heavy atom. The minimum Gasteiger partial charge on any atom is -0.394 e. The molecule has 0 saturated carbocycles. The Morgan fingerprint density at radius 1 is 0.857 bits per heavy atom. The summed E-state index contributed by atoms with van der Waals surface area (Å²) < 4.78 is 0. The number of unbranched alkanes of at least 4 members (excludes halogenated alkanes) is 1. The van der Waals surface area contributed by atoms with E-state index in [2.05, 4.69) is 21.3 Å². The van der Waals surface area contributed by atoms with Crippen molar-refractivity contribution in [3.63, 3.8) is 0 Å². The highest BCUT2D eigenvalue weighted by molar-refractivity contribution is 5.94. The molecule has 0 aromatic rings. The van der Waals surface area contributed by atoms with Gasteiger partial charge in [-0.3, -0.25) is 34.8 Å². The van der Waals surface area contributed by atoms with Gasteiger partial charge < -0.3 is 37.2 Å². The van der Waals surface area contributed by atoms with Gasteiger partial charge in [0.1, 0.15) is 18.1 Å². The average Bonchev–Trinajstić information content (AvgIpc) is 2.78. The molecule has 0 aromatic carbocycles. The van der Waals surface area contributed by atoms with E-state index in [9.17, 15) is 39.0 Å². The number of aliphatic hydroxyl groups excluding tert-OH is 2. The Hall–Kier alpha value is -3.46. The molecule has 2 unspecified atom stereocenters. The van der Waals surface area contributed by atoms with Crippen molar-refractivity contribution in [2.24, 2.45) is 5.73 Å². The lowest BCUT2D eigenvalue weighted by molar-refractivity contribution is -0.135. The standard InChI is InChI=1S/C20H37N7O8/c1-4-6-8-22-17(32)13(10-28)24-20(35)23-12(9-14(21)30)18(33)26-27-19(34)16(11(3)29)25-15(31)7-5-2/h11-13,16,28-29H,4-10H2,1-3H3,(H2,21,30)(H,22,32)(H,25,31)(H,26,33)(H,27,34)(H2,23,24,35)/t11?,12?,13-,16-/m1/s1. The van der Waals surface area contributed by atoms with Crippen molar-refractivity contribution in [1.29, 1.82) is 0 Å². The number of amides is 7. The number of nitrogens with two attached hydrogens (primary N) is 1. The van der Waals surface area contributed by atoms with Gasteiger partial charge in [0.15, 0.2) is 0 Å². The highest BCUT2D eigenvalue weighted by Crippen LogP contribution is 1.97. The van der Waals surface area contributed by atoms with Gasteiger partial charge in [-0.05, 0) is 19.8 Å². The Labute approximate surface area is 203 Å². The second kappa shape index (κ2) is 17.0. The first-order valence-electron chi connectivity index (χ1n) is 11.3. The van der Waals surface area contributed by atoms with E-state index in [1.165, 1.54) is 6.92 Å². The van der Waals surface area contributed by atoms with Gasteiger partial charge in [-0.1, -0.05) is 20.3 Å². The molecule has 0 rings (SSSR count). The molecular weight excluding hydrogens is 466 g/mol. The highest BCUT2D eigenvalue weighted by Gasteiger charge is 2.29. The molecule has 0 saturated heterocycles. The maximum Gasteiger partial charge on any atom is 0.316 e. The van der Waals surface area contributed by atoms with E-state index in [1.54, 1.807) is 6.92 Å². The summed E-state index contributed by atoms with van der Waals surface area (Å²) in [6, 6.07) is -5.31. The molecule has 7 amide bonds. The first kappa shape index (κ1) is 31.5. The van der Waals surface area contributed by atoms with Crippen LogP contribution >= 0.6 is 0 Å². The predicted octanol–water partition coefficient (Wildman–Crippen LogP) is -3.38. The Bertz CT molecular complexity index is 747. The molecule has 15 nitrogen and oxygen atoms in total. The van der Waals surface area contributed by atoms with Crippen molar-refractivity contribution in [2.75, 3.05) is 13.2 Å². The van der Waals surface area contributed by atoms with Crippen LogP contribution < -0.4 is 37.9 Å². The van der Waals surface area contributed by atoms with Crippen molar-refractivity contribution < 1.29 is 39.0 Å². The van der Waals surface area contributed by atoms with E-state index in [-0.39, 0.29) is 6.42 Å². The monoisotopic (exact) mass is 503 g/mol. The van der Waals surface area contributed by atoms with Crippen molar-refractivity contribution in [3.05, 3.63) is 0 Å². The molecule has 0 heterocycles. The highest BCUT2D eigenvalue weighted by atomic mass is 16.3. The number of hydrogen-bond donors (Lipinski definition) is 9. The fraction of sp³-hybridized carbons (Fsp3) is 0.700. The van der Waals surface area contributed by atoms with Crippen LogP contribution in [0.5, 0.6) is 0 Å². The van der Waals surface area contributed by atoms with E-state index in [1.807, 2.05) is 17.8 Å². The first-order chi connectivity index (χ1) is 16.5. The molecule has 0 aliphatic rings. The van der Waals surface area contributed by atoms with Crippen LogP contribution in [0.4, 0.5) is 4.79 Å². The molecule has 0 spiro atoms. The zero-order chi connectivity index (χ0) is 27.0. The van der Waals surface area contributed by atoms with Crippen molar-refractivity contribution >= 4 is 35.6 Å². The number of hydrogen-bond acceptors (Lipinski definition) is 8. The topological polar surface area (TPSA) is 241 Å². The van der Waals surface area contributed by atoms with Crippen LogP contribution in [0.2, 0.25) is 0 Å². The van der Waals surface area contributed by atoms with E-state index >= 15 is 0 Å². The molecule has 0 aliphatic heterocycles. The van der Waals surface area contributed by atoms with Crippen LogP contribution in [-0.2, 0) is 24.0 Å². The largest absolute Gasteiger partial charge is 0.394 e. The Morgan fingerprint density at radius 2 is 1.46 bits per heavy atom. The average molecular weight is 504 g/mol. The van der Waals surface area contributed by atoms with Gasteiger partial charge in [-0.15, -0.1) is 0 Å². The van der Waals surface area contributed by atoms with Crippen molar-refractivity contribution in [2.45, 2.75) is 77.1 Å². The molecule has 10 N–H and O–H groups in total. The summed E-state index contributed by atoms with van der Waals surface area (Å²) in [5, 5.41) is 28.3. The summed E-state index contributed by atoms with van der Waals surface area (Å²) in [5.74, 6) is -4.09. The number of carbonyl (C=O) groups is 6. The first-order valence-corrected chi connectivity index (χ1v) is 11.3. The summed E-state index contributed by atoms with van der Waals surface area (Å²) >= 11 is 0. The van der Waals surface area contributed by atoms with Crippen molar-refractivity contribution in [3.8, 4) is 0 Å². The van der Waals surface area contributed by atoms with Gasteiger partial charge in [-0.25, -0.2) is 4.79 Å². The number of aliphatic hydroxyl groups is 2. The molecular formula is C20H37N7O8. The van der Waals surface area contributed by atoms with Gasteiger partial charge in [0.25, 0.3) is 11.8 Å². The molecule has 0 aromatic heterocycles. The third-order valence-electron chi connectivity index (χ3n) is 4.53. The fourth-order valence-electron chi connectivity index (χ4n) is 2.64. The van der Waals surface area contributed by atoms with E-state index in [0.29, 0.717) is 19.4 Å². The second-order valence-electron chi connectivity index (χ2n) is 7.73. The van der Waals surface area contributed by atoms with E-state index < -0.39 is 72.8 Å². The minimum atomic E-state index is -1.56. The van der Waals surface area contributed by atoms with Gasteiger partial charge in [0.2, 0.25) is 17.7 Å². The van der Waals surface area contributed by atoms with E-state index in [4.69, 9.17) is 5.73 Å². The molecule has 15 heteroatoms. The lowest BCUT2D eigenvalue weighted by Gasteiger charge is -2.23. The lowest BCUT2D eigenvalue weighted by atomic mass is 10.1. The molecule has 0 aliphatic carbocycles. The number of hydrazine groups is 1. The number of primary amides is 1. The Kier molecular flexibility index (Phi) is 15.4. The lowest BCUT2D eigenvalue weighted by Crippen LogP contribution is -2.60. The summed E-state index contributed by atoms with van der Waals surface area (Å²) in [6.45, 7) is 4.55. The minimum absolute atomic E-state index is 0.119. The molecule has 35 heavy (non-hydrogen) atoms. The van der Waals surface area contributed by atoms with Gasteiger partial charge >= 0.3 is 6.03 Å². The smallest absolute Gasteiger partial charge is 0.316 e. The van der Waals surface area contributed by atoms with Crippen molar-refractivity contribution in [1.82, 2.24) is 32.1 Å². The normalized spacial score (nSPS) is 13.9. The Balaban J connectivity index is 5.07. The van der Waals surface area contributed by atoms with Crippen LogP contribution in [0.1, 0.15) is 52.9 Å². The zero-order valence-electron chi connectivity index (χ0n) is 20.2. The van der Waals surface area contributed by atoms with Crippen LogP contribution in [0.15, 0.2) is 0 Å². The molecule has 200 valence electrons. The van der Waals surface area contributed by atoms with Gasteiger partial charge in [-0.2, -0.15) is 0 Å². The van der Waals surface area contributed by atoms with E-state index in [0.717, 1.165) is 6.42 Å². The summed E-state index contributed by atoms with van der Waals surface area (Å²) in [6.07, 6.45) is 0.193. The molecule has 4 atom stereocenters. The van der Waals surface area contributed by atoms with Crippen LogP contribution in [-0.4, -0.2) is 83.2 Å². The predicted molar refractivity (Wildman–Crippen MR) is 123 cm³/mol. The number of carbonyl (C=O) groups excluding carboxylic acids is 6. The maximum absolute atomic E-state index is 12.4. The maximum atomic E-state index is 12.4. The van der Waals surface area contributed by atoms with Crippen LogP contribution in [0.3, 0.4) is 0 Å². The number of urea groups is 1. The SMILES string of the molecule is CCCCNC(=O)[C@@H](CO)NC(=O)NC(CC(N)=O)C(=O)NNC(=O)[C@H](NC(=O)CCC)C(C)O. The fourth-order valence-corrected chi connectivity index (χ4v) is 2.64.